The minimum Gasteiger partial charge on any atom is -0.206 e. The number of hydrogen-bond acceptors (Lipinski definition) is 0. The van der Waals surface area contributed by atoms with Gasteiger partial charge in [0.05, 0.1) is 5.56 Å². The maximum absolute atomic E-state index is 12.7. The Morgan fingerprint density at radius 2 is 1.85 bits per heavy atom. The van der Waals surface area contributed by atoms with Gasteiger partial charge in [-0.05, 0) is 17.7 Å². The Kier molecular flexibility index (Phi) is 2.95. The molecule has 0 saturated heterocycles. The van der Waals surface area contributed by atoms with E-state index >= 15 is 0 Å². The van der Waals surface area contributed by atoms with Crippen LogP contribution in [0.15, 0.2) is 18.2 Å². The van der Waals surface area contributed by atoms with Crippen molar-refractivity contribution in [3.05, 3.63) is 35.1 Å². The summed E-state index contributed by atoms with van der Waals surface area (Å²) in [6.45, 7) is 0. The number of benzene rings is 1. The number of halogens is 5. The van der Waals surface area contributed by atoms with Crippen LogP contribution in [0.5, 0.6) is 0 Å². The minimum absolute atomic E-state index is 0.274. The lowest BCUT2D eigenvalue weighted by Crippen LogP contribution is -2.08. The summed E-state index contributed by atoms with van der Waals surface area (Å²) in [5.74, 6) is -1.24. The molecule has 0 heterocycles. The van der Waals surface area contributed by atoms with E-state index in [2.05, 4.69) is 15.9 Å². The smallest absolute Gasteiger partial charge is 0.206 e. The van der Waals surface area contributed by atoms with Gasteiger partial charge in [0.1, 0.15) is 5.82 Å². The van der Waals surface area contributed by atoms with Crippen LogP contribution >= 0.6 is 15.9 Å². The first-order valence-corrected chi connectivity index (χ1v) is 4.49. The van der Waals surface area contributed by atoms with Gasteiger partial charge in [0.15, 0.2) is 0 Å². The standard InChI is InChI=1S/C8H5BrF4/c9-4-5-1-2-7(10)6(3-5)8(11,12)13/h1-3H,4H2/i10-1. The summed E-state index contributed by atoms with van der Waals surface area (Å²) in [6, 6.07) is 2.92. The molecule has 0 nitrogen and oxygen atoms in total. The highest BCUT2D eigenvalue weighted by atomic mass is 79.9. The molecule has 1 rings (SSSR count). The van der Waals surface area contributed by atoms with Crippen molar-refractivity contribution >= 4 is 15.9 Å². The molecule has 0 aromatic heterocycles. The molecule has 1 aromatic carbocycles. The van der Waals surface area contributed by atoms with E-state index in [1.54, 1.807) is 0 Å². The van der Waals surface area contributed by atoms with Crippen LogP contribution in [0.4, 0.5) is 17.6 Å². The van der Waals surface area contributed by atoms with Gasteiger partial charge in [-0.15, -0.1) is 0 Å². The molecule has 0 atom stereocenters. The van der Waals surface area contributed by atoms with E-state index in [9.17, 15) is 17.6 Å². The normalized spacial score (nSPS) is 11.8. The molecule has 0 aliphatic rings. The van der Waals surface area contributed by atoms with E-state index in [0.29, 0.717) is 5.56 Å². The van der Waals surface area contributed by atoms with Crippen molar-refractivity contribution in [2.45, 2.75) is 11.5 Å². The zero-order valence-corrected chi connectivity index (χ0v) is 7.91. The van der Waals surface area contributed by atoms with Crippen molar-refractivity contribution < 1.29 is 17.6 Å². The van der Waals surface area contributed by atoms with E-state index in [1.165, 1.54) is 6.07 Å². The van der Waals surface area contributed by atoms with Crippen molar-refractivity contribution in [2.75, 3.05) is 0 Å². The summed E-state index contributed by atoms with van der Waals surface area (Å²) in [5.41, 5.74) is -0.821. The Labute approximate surface area is 80.7 Å². The van der Waals surface area contributed by atoms with Crippen molar-refractivity contribution in [1.29, 1.82) is 0 Å². The van der Waals surface area contributed by atoms with E-state index in [0.717, 1.165) is 12.1 Å². The number of alkyl halides is 4. The first-order valence-electron chi connectivity index (χ1n) is 3.36. The molecule has 72 valence electrons. The van der Waals surface area contributed by atoms with Gasteiger partial charge in [0, 0.05) is 5.33 Å². The molecule has 1 aromatic rings. The van der Waals surface area contributed by atoms with E-state index in [1.807, 2.05) is 0 Å². The van der Waals surface area contributed by atoms with Gasteiger partial charge in [-0.2, -0.15) is 13.2 Å². The topological polar surface area (TPSA) is 0 Å². The Balaban J connectivity index is 3.19. The minimum atomic E-state index is -4.62. The lowest BCUT2D eigenvalue weighted by molar-refractivity contribution is -0.140. The van der Waals surface area contributed by atoms with E-state index in [4.69, 9.17) is 0 Å². The summed E-state index contributed by atoms with van der Waals surface area (Å²) in [6.07, 6.45) is -4.62. The molecule has 13 heavy (non-hydrogen) atoms. The number of hydrogen-bond donors (Lipinski definition) is 0. The predicted octanol–water partition coefficient (Wildman–Crippen LogP) is 3.74. The summed E-state index contributed by atoms with van der Waals surface area (Å²) in [7, 11) is 0. The van der Waals surface area contributed by atoms with Crippen LogP contribution in [0.3, 0.4) is 0 Å². The molecule has 0 fully saturated rings. The quantitative estimate of drug-likeness (QED) is 0.530. The third kappa shape index (κ3) is 2.43. The average Bonchev–Trinajstić information content (AvgIpc) is 2.03. The van der Waals surface area contributed by atoms with Gasteiger partial charge >= 0.3 is 6.18 Å². The highest BCUT2D eigenvalue weighted by Gasteiger charge is 2.33. The van der Waals surface area contributed by atoms with Crippen LogP contribution in [0.1, 0.15) is 11.1 Å². The molecule has 0 spiro atoms. The molecule has 0 N–H and O–H groups in total. The molecule has 0 bridgehead atoms. The fourth-order valence-corrected chi connectivity index (χ4v) is 1.22. The molecular weight excluding hydrogens is 251 g/mol. The van der Waals surface area contributed by atoms with Crippen LogP contribution in [0.2, 0.25) is 0 Å². The molecule has 0 radical (unpaired) electrons. The summed E-state index contributed by atoms with van der Waals surface area (Å²) in [5, 5.41) is 0.274. The molecular formula is C8H5BrF4. The Morgan fingerprint density at radius 1 is 1.23 bits per heavy atom. The first kappa shape index (κ1) is 10.5. The van der Waals surface area contributed by atoms with Crippen LogP contribution < -0.4 is 0 Å². The molecule has 5 heteroatoms. The lowest BCUT2D eigenvalue weighted by atomic mass is 10.1. The largest absolute Gasteiger partial charge is 0.419 e. The fourth-order valence-electron chi connectivity index (χ4n) is 0.873. The second-order valence-corrected chi connectivity index (χ2v) is 3.01. The molecule has 0 aliphatic heterocycles. The summed E-state index contributed by atoms with van der Waals surface area (Å²) >= 11 is 2.99. The van der Waals surface area contributed by atoms with Gasteiger partial charge in [0.25, 0.3) is 0 Å². The van der Waals surface area contributed by atoms with Crippen LogP contribution in [-0.4, -0.2) is 0 Å². The van der Waals surface area contributed by atoms with E-state index in [-0.39, 0.29) is 5.33 Å². The highest BCUT2D eigenvalue weighted by Crippen LogP contribution is 2.32. The van der Waals surface area contributed by atoms with Gasteiger partial charge in [-0.25, -0.2) is 4.39 Å². The second-order valence-electron chi connectivity index (χ2n) is 2.45. The van der Waals surface area contributed by atoms with Gasteiger partial charge < -0.3 is 0 Å². The third-order valence-electron chi connectivity index (χ3n) is 1.49. The fraction of sp³-hybridized carbons (Fsp3) is 0.250. The van der Waals surface area contributed by atoms with Crippen molar-refractivity contribution in [3.8, 4) is 0 Å². The molecule has 0 saturated carbocycles. The third-order valence-corrected chi connectivity index (χ3v) is 2.14. The maximum atomic E-state index is 12.7. The monoisotopic (exact) mass is 255 g/mol. The average molecular weight is 256 g/mol. The van der Waals surface area contributed by atoms with E-state index < -0.39 is 17.6 Å². The highest BCUT2D eigenvalue weighted by molar-refractivity contribution is 9.08. The maximum Gasteiger partial charge on any atom is 0.419 e. The predicted molar refractivity (Wildman–Crippen MR) is 44.0 cm³/mol. The molecule has 0 aliphatic carbocycles. The second kappa shape index (κ2) is 3.65. The lowest BCUT2D eigenvalue weighted by Gasteiger charge is -2.08. The zero-order valence-electron chi connectivity index (χ0n) is 6.33. The van der Waals surface area contributed by atoms with Crippen LogP contribution in [0.25, 0.3) is 0 Å². The van der Waals surface area contributed by atoms with Gasteiger partial charge in [-0.1, -0.05) is 22.0 Å². The SMILES string of the molecule is FC(F)(F)c1cc(CBr)ccc1[18F]. The van der Waals surface area contributed by atoms with Crippen molar-refractivity contribution in [2.24, 2.45) is 0 Å². The molecule has 0 unspecified atom stereocenters. The summed E-state index contributed by atoms with van der Waals surface area (Å²) in [4.78, 5) is 0. The Morgan fingerprint density at radius 3 is 2.31 bits per heavy atom. The number of rotatable bonds is 1. The Hall–Kier alpha value is -0.580. The first-order chi connectivity index (χ1) is 5.95. The molecule has 0 amide bonds. The zero-order chi connectivity index (χ0) is 10.1. The summed E-state index contributed by atoms with van der Waals surface area (Å²) < 4.78 is 49.0. The van der Waals surface area contributed by atoms with Gasteiger partial charge in [0.2, 0.25) is 0 Å². The van der Waals surface area contributed by atoms with Crippen molar-refractivity contribution in [3.63, 3.8) is 0 Å². The van der Waals surface area contributed by atoms with Crippen molar-refractivity contribution in [1.82, 2.24) is 0 Å². The van der Waals surface area contributed by atoms with Crippen LogP contribution in [-0.2, 0) is 11.5 Å². The Bertz CT molecular complexity index is 306. The van der Waals surface area contributed by atoms with Gasteiger partial charge in [-0.3, -0.25) is 0 Å². The van der Waals surface area contributed by atoms with Crippen LogP contribution in [0, 0.1) is 5.82 Å².